The van der Waals surface area contributed by atoms with E-state index >= 15 is 0 Å². The van der Waals surface area contributed by atoms with Crippen molar-refractivity contribution < 1.29 is 13.9 Å². The van der Waals surface area contributed by atoms with Crippen LogP contribution in [0.25, 0.3) is 21.6 Å². The molecule has 3 heterocycles. The van der Waals surface area contributed by atoms with E-state index in [0.29, 0.717) is 11.2 Å². The average molecular weight is 490 g/mol. The number of imidazole rings is 1. The van der Waals surface area contributed by atoms with Crippen molar-refractivity contribution in [2.75, 3.05) is 5.32 Å². The Morgan fingerprint density at radius 3 is 2.66 bits per heavy atom. The molecule has 0 atom stereocenters. The molecule has 0 aliphatic rings. The fourth-order valence-electron chi connectivity index (χ4n) is 3.68. The summed E-state index contributed by atoms with van der Waals surface area (Å²) in [4.78, 5) is 36.8. The maximum Gasteiger partial charge on any atom is 0.328 e. The lowest BCUT2D eigenvalue weighted by atomic mass is 10.2. The number of H-pyrrole nitrogens is 1. The van der Waals surface area contributed by atoms with Crippen molar-refractivity contribution in [3.05, 3.63) is 88.3 Å². The van der Waals surface area contributed by atoms with Gasteiger partial charge in [-0.25, -0.2) is 19.2 Å². The van der Waals surface area contributed by atoms with Crippen LogP contribution in [-0.2, 0) is 0 Å². The number of hydrogen-bond donors (Lipinski definition) is 2. The molecule has 2 aromatic carbocycles. The second-order valence-electron chi connectivity index (χ2n) is 8.00. The first-order valence-corrected chi connectivity index (χ1v) is 11.6. The number of ether oxygens (including phenoxy) is 1. The van der Waals surface area contributed by atoms with E-state index in [-0.39, 0.29) is 33.9 Å². The third-order valence-electron chi connectivity index (χ3n) is 5.26. The number of nitrogens with one attached hydrogen (secondary N) is 2. The Labute approximate surface area is 203 Å². The number of rotatable bonds is 6. The molecule has 0 fully saturated rings. The van der Waals surface area contributed by atoms with Crippen LogP contribution in [0.1, 0.15) is 29.7 Å². The summed E-state index contributed by atoms with van der Waals surface area (Å²) in [5, 5.41) is 2.93. The van der Waals surface area contributed by atoms with E-state index in [1.165, 1.54) is 40.3 Å². The van der Waals surface area contributed by atoms with Gasteiger partial charge in [-0.05, 0) is 31.5 Å². The molecule has 3 aromatic heterocycles. The molecule has 8 nitrogen and oxygen atoms in total. The Morgan fingerprint density at radius 2 is 1.91 bits per heavy atom. The molecular formula is C25H20FN5O3S. The summed E-state index contributed by atoms with van der Waals surface area (Å²) in [5.74, 6) is -0.880. The van der Waals surface area contributed by atoms with Crippen LogP contribution >= 0.6 is 11.3 Å². The van der Waals surface area contributed by atoms with Crippen molar-refractivity contribution in [1.29, 1.82) is 0 Å². The van der Waals surface area contributed by atoms with Crippen molar-refractivity contribution in [1.82, 2.24) is 19.5 Å². The van der Waals surface area contributed by atoms with E-state index in [0.717, 1.165) is 10.4 Å². The number of anilines is 1. The lowest BCUT2D eigenvalue weighted by Crippen LogP contribution is -2.18. The highest BCUT2D eigenvalue weighted by atomic mass is 32.1. The van der Waals surface area contributed by atoms with Gasteiger partial charge in [0.15, 0.2) is 28.0 Å². The molecule has 0 aliphatic carbocycles. The summed E-state index contributed by atoms with van der Waals surface area (Å²) in [6.45, 7) is 3.71. The smallest absolute Gasteiger partial charge is 0.328 e. The standard InChI is InChI=1S/C25H20FN5O3S/c1-14(2)31-21-19(10-11-27-22(21)30-25(31)33)34-18-9-8-16(12-17(18)26)29-23(32)24-28-13-20(35-24)15-6-4-3-5-7-15/h3-14H,1-2H3,(H,29,32)(H,27,30,33). The maximum absolute atomic E-state index is 14.9. The van der Waals surface area contributed by atoms with E-state index in [1.54, 1.807) is 12.3 Å². The van der Waals surface area contributed by atoms with Gasteiger partial charge >= 0.3 is 5.69 Å². The van der Waals surface area contributed by atoms with Crippen LogP contribution in [0.4, 0.5) is 10.1 Å². The van der Waals surface area contributed by atoms with Crippen LogP contribution in [-0.4, -0.2) is 25.4 Å². The summed E-state index contributed by atoms with van der Waals surface area (Å²) in [5.41, 5.74) is 1.70. The number of carbonyl (C=O) groups is 1. The lowest BCUT2D eigenvalue weighted by molar-refractivity contribution is 0.102. The minimum absolute atomic E-state index is 0.0555. The van der Waals surface area contributed by atoms with Gasteiger partial charge < -0.3 is 10.1 Å². The molecule has 0 spiro atoms. The van der Waals surface area contributed by atoms with Crippen molar-refractivity contribution in [2.45, 2.75) is 19.9 Å². The van der Waals surface area contributed by atoms with Gasteiger partial charge in [-0.2, -0.15) is 0 Å². The number of nitrogens with zero attached hydrogens (tertiary/aromatic N) is 3. The topological polar surface area (TPSA) is 102 Å². The summed E-state index contributed by atoms with van der Waals surface area (Å²) >= 11 is 1.25. The highest BCUT2D eigenvalue weighted by molar-refractivity contribution is 7.17. The molecule has 2 N–H and O–H groups in total. The zero-order valence-corrected chi connectivity index (χ0v) is 19.6. The predicted octanol–water partition coefficient (Wildman–Crippen LogP) is 5.61. The van der Waals surface area contributed by atoms with Crippen molar-refractivity contribution >= 4 is 34.1 Å². The number of fused-ring (bicyclic) bond motifs is 1. The number of aromatic amines is 1. The zero-order valence-electron chi connectivity index (χ0n) is 18.8. The van der Waals surface area contributed by atoms with Gasteiger partial charge in [0.1, 0.15) is 5.52 Å². The van der Waals surface area contributed by atoms with Gasteiger partial charge in [0.25, 0.3) is 5.91 Å². The summed E-state index contributed by atoms with van der Waals surface area (Å²) in [6.07, 6.45) is 3.11. The van der Waals surface area contributed by atoms with Crippen LogP contribution in [0, 0.1) is 5.82 Å². The van der Waals surface area contributed by atoms with Crippen molar-refractivity contribution in [3.8, 4) is 21.9 Å². The fraction of sp³-hybridized carbons (Fsp3) is 0.120. The molecule has 176 valence electrons. The largest absolute Gasteiger partial charge is 0.452 e. The molecule has 0 saturated carbocycles. The molecule has 0 saturated heterocycles. The molecular weight excluding hydrogens is 469 g/mol. The number of benzene rings is 2. The van der Waals surface area contributed by atoms with Crippen LogP contribution in [0.2, 0.25) is 0 Å². The highest BCUT2D eigenvalue weighted by Gasteiger charge is 2.18. The Hall–Kier alpha value is -4.31. The van der Waals surface area contributed by atoms with Crippen molar-refractivity contribution in [2.24, 2.45) is 0 Å². The van der Waals surface area contributed by atoms with Gasteiger partial charge in [0, 0.05) is 36.3 Å². The average Bonchev–Trinajstić information content (AvgIpc) is 3.46. The number of aromatic nitrogens is 4. The molecule has 10 heteroatoms. The van der Waals surface area contributed by atoms with Gasteiger partial charge in [0.2, 0.25) is 0 Å². The Morgan fingerprint density at radius 1 is 1.11 bits per heavy atom. The summed E-state index contributed by atoms with van der Waals surface area (Å²) in [7, 11) is 0. The van der Waals surface area contributed by atoms with E-state index in [2.05, 4.69) is 20.3 Å². The third kappa shape index (κ3) is 4.43. The minimum atomic E-state index is -0.675. The second kappa shape index (κ2) is 9.15. The minimum Gasteiger partial charge on any atom is -0.452 e. The van der Waals surface area contributed by atoms with Crippen LogP contribution in [0.5, 0.6) is 11.5 Å². The van der Waals surface area contributed by atoms with Gasteiger partial charge in [-0.1, -0.05) is 30.3 Å². The monoisotopic (exact) mass is 489 g/mol. The lowest BCUT2D eigenvalue weighted by Gasteiger charge is -2.12. The van der Waals surface area contributed by atoms with E-state index in [9.17, 15) is 14.0 Å². The Kier molecular flexibility index (Phi) is 5.87. The molecule has 5 aromatic rings. The van der Waals surface area contributed by atoms with Crippen LogP contribution in [0.15, 0.2) is 71.8 Å². The van der Waals surface area contributed by atoms with E-state index in [4.69, 9.17) is 4.74 Å². The molecule has 0 unspecified atom stereocenters. The van der Waals surface area contributed by atoms with Gasteiger partial charge in [-0.15, -0.1) is 11.3 Å². The zero-order chi connectivity index (χ0) is 24.5. The fourth-order valence-corrected chi connectivity index (χ4v) is 4.49. The number of thiazole rings is 1. The van der Waals surface area contributed by atoms with Crippen LogP contribution in [0.3, 0.4) is 0 Å². The molecule has 0 aliphatic heterocycles. The summed E-state index contributed by atoms with van der Waals surface area (Å²) in [6, 6.07) is 15.2. The molecule has 5 rings (SSSR count). The van der Waals surface area contributed by atoms with Gasteiger partial charge in [-0.3, -0.25) is 14.3 Å². The maximum atomic E-state index is 14.9. The first kappa shape index (κ1) is 22.5. The van der Waals surface area contributed by atoms with Gasteiger partial charge in [0.05, 0.1) is 4.88 Å². The van der Waals surface area contributed by atoms with E-state index < -0.39 is 11.7 Å². The third-order valence-corrected chi connectivity index (χ3v) is 6.30. The number of amides is 1. The number of halogens is 1. The molecule has 1 amide bonds. The highest BCUT2D eigenvalue weighted by Crippen LogP contribution is 2.32. The Balaban J connectivity index is 1.36. The molecule has 0 radical (unpaired) electrons. The quantitative estimate of drug-likeness (QED) is 0.323. The molecule has 0 bridgehead atoms. The number of carbonyl (C=O) groups excluding carboxylic acids is 1. The van der Waals surface area contributed by atoms with Crippen LogP contribution < -0.4 is 15.7 Å². The second-order valence-corrected chi connectivity index (χ2v) is 9.03. The first-order chi connectivity index (χ1) is 16.9. The SMILES string of the molecule is CC(C)n1c(=O)[nH]c2nccc(Oc3ccc(NC(=O)c4ncc(-c5ccccc5)s4)cc3F)c21. The normalized spacial score (nSPS) is 11.2. The predicted molar refractivity (Wildman–Crippen MR) is 133 cm³/mol. The number of pyridine rings is 1. The van der Waals surface area contributed by atoms with E-state index in [1.807, 2.05) is 44.2 Å². The van der Waals surface area contributed by atoms with Crippen molar-refractivity contribution in [3.63, 3.8) is 0 Å². The first-order valence-electron chi connectivity index (χ1n) is 10.8. The number of hydrogen-bond acceptors (Lipinski definition) is 6. The Bertz CT molecular complexity index is 1590. The molecule has 35 heavy (non-hydrogen) atoms. The summed E-state index contributed by atoms with van der Waals surface area (Å²) < 4.78 is 22.2.